The molecule has 1 heterocycles. The summed E-state index contributed by atoms with van der Waals surface area (Å²) in [5, 5.41) is 9.96. The molecule has 1 aromatic rings. The SMILES string of the molecule is CCc1nn(C2CCCC(OC)C2)c(CC)c1S(N)(=O)=O. The van der Waals surface area contributed by atoms with E-state index in [1.54, 1.807) is 7.11 Å². The molecule has 0 aliphatic heterocycles. The van der Waals surface area contributed by atoms with Crippen molar-refractivity contribution in [1.82, 2.24) is 9.78 Å². The van der Waals surface area contributed by atoms with Crippen molar-refractivity contribution in [3.05, 3.63) is 11.4 Å². The Morgan fingerprint density at radius 2 is 2.05 bits per heavy atom. The van der Waals surface area contributed by atoms with Gasteiger partial charge in [-0.25, -0.2) is 13.6 Å². The Morgan fingerprint density at radius 1 is 1.33 bits per heavy atom. The lowest BCUT2D eigenvalue weighted by Gasteiger charge is -2.29. The summed E-state index contributed by atoms with van der Waals surface area (Å²) >= 11 is 0. The van der Waals surface area contributed by atoms with Crippen molar-refractivity contribution in [2.45, 2.75) is 69.4 Å². The Balaban J connectivity index is 2.47. The summed E-state index contributed by atoms with van der Waals surface area (Å²) in [5.41, 5.74) is 1.31. The van der Waals surface area contributed by atoms with Crippen LogP contribution in [0.1, 0.15) is 57.0 Å². The van der Waals surface area contributed by atoms with E-state index < -0.39 is 10.0 Å². The van der Waals surface area contributed by atoms with E-state index in [0.29, 0.717) is 18.5 Å². The Hall–Kier alpha value is -0.920. The lowest BCUT2D eigenvalue weighted by molar-refractivity contribution is 0.0502. The van der Waals surface area contributed by atoms with Crippen LogP contribution in [0, 0.1) is 0 Å². The zero-order valence-electron chi connectivity index (χ0n) is 13.0. The molecule has 2 rings (SSSR count). The normalized spacial score (nSPS) is 23.4. The van der Waals surface area contributed by atoms with Crippen LogP contribution in [0.2, 0.25) is 0 Å². The zero-order chi connectivity index (χ0) is 15.6. The molecule has 2 atom stereocenters. The number of methoxy groups -OCH3 is 1. The second-order valence-electron chi connectivity index (χ2n) is 5.60. The predicted molar refractivity (Wildman–Crippen MR) is 80.7 cm³/mol. The molecule has 2 N–H and O–H groups in total. The van der Waals surface area contributed by atoms with E-state index in [0.717, 1.165) is 31.4 Å². The van der Waals surface area contributed by atoms with Gasteiger partial charge in [-0.2, -0.15) is 5.10 Å². The standard InChI is InChI=1S/C14H25N3O3S/c1-4-12-14(21(15,18)19)13(5-2)17(16-12)10-7-6-8-11(9-10)20-3/h10-11H,4-9H2,1-3H3,(H2,15,18,19). The molecule has 6 nitrogen and oxygen atoms in total. The van der Waals surface area contributed by atoms with Gasteiger partial charge in [0.2, 0.25) is 10.0 Å². The third kappa shape index (κ3) is 3.30. The number of nitrogens with zero attached hydrogens (tertiary/aromatic N) is 2. The van der Waals surface area contributed by atoms with Gasteiger partial charge in [-0.3, -0.25) is 4.68 Å². The van der Waals surface area contributed by atoms with Gasteiger partial charge in [0.15, 0.2) is 0 Å². The molecule has 1 aliphatic rings. The van der Waals surface area contributed by atoms with E-state index in [2.05, 4.69) is 5.10 Å². The van der Waals surface area contributed by atoms with Crippen molar-refractivity contribution >= 4 is 10.0 Å². The van der Waals surface area contributed by atoms with E-state index in [1.165, 1.54) is 0 Å². The number of aryl methyl sites for hydroxylation is 1. The van der Waals surface area contributed by atoms with Crippen LogP contribution in [0.4, 0.5) is 0 Å². The first-order valence-corrected chi connectivity index (χ1v) is 9.12. The number of rotatable bonds is 5. The Bertz CT molecular complexity index is 595. The number of aromatic nitrogens is 2. The van der Waals surface area contributed by atoms with Crippen molar-refractivity contribution in [3.8, 4) is 0 Å². The number of sulfonamides is 1. The molecule has 1 aliphatic carbocycles. The van der Waals surface area contributed by atoms with Gasteiger partial charge in [-0.05, 0) is 38.5 Å². The minimum absolute atomic E-state index is 0.194. The molecular weight excluding hydrogens is 290 g/mol. The highest BCUT2D eigenvalue weighted by atomic mass is 32.2. The maximum absolute atomic E-state index is 11.9. The third-order valence-corrected chi connectivity index (χ3v) is 5.30. The van der Waals surface area contributed by atoms with E-state index in [9.17, 15) is 8.42 Å². The number of nitrogens with two attached hydrogens (primary N) is 1. The highest BCUT2D eigenvalue weighted by molar-refractivity contribution is 7.89. The lowest BCUT2D eigenvalue weighted by atomic mass is 9.93. The molecule has 1 saturated carbocycles. The van der Waals surface area contributed by atoms with Gasteiger partial charge in [0.05, 0.1) is 23.5 Å². The van der Waals surface area contributed by atoms with E-state index in [1.807, 2.05) is 18.5 Å². The number of hydrogen-bond acceptors (Lipinski definition) is 4. The molecule has 2 unspecified atom stereocenters. The van der Waals surface area contributed by atoms with Crippen molar-refractivity contribution < 1.29 is 13.2 Å². The zero-order valence-corrected chi connectivity index (χ0v) is 13.8. The average Bonchev–Trinajstić information content (AvgIpc) is 2.86. The van der Waals surface area contributed by atoms with Gasteiger partial charge in [0, 0.05) is 7.11 Å². The molecule has 0 radical (unpaired) electrons. The molecule has 120 valence electrons. The predicted octanol–water partition coefficient (Wildman–Crippen LogP) is 1.79. The Morgan fingerprint density at radius 3 is 2.57 bits per heavy atom. The van der Waals surface area contributed by atoms with Crippen LogP contribution in [0.25, 0.3) is 0 Å². The minimum Gasteiger partial charge on any atom is -0.381 e. The fourth-order valence-corrected chi connectivity index (χ4v) is 4.33. The average molecular weight is 315 g/mol. The summed E-state index contributed by atoms with van der Waals surface area (Å²) in [6.07, 6.45) is 5.39. The van der Waals surface area contributed by atoms with Gasteiger partial charge >= 0.3 is 0 Å². The molecule has 1 aromatic heterocycles. The fraction of sp³-hybridized carbons (Fsp3) is 0.786. The van der Waals surface area contributed by atoms with E-state index in [4.69, 9.17) is 9.88 Å². The molecule has 21 heavy (non-hydrogen) atoms. The molecular formula is C14H25N3O3S. The minimum atomic E-state index is -3.74. The molecule has 0 saturated heterocycles. The quantitative estimate of drug-likeness (QED) is 0.897. The maximum Gasteiger partial charge on any atom is 0.241 e. The molecule has 0 bridgehead atoms. The third-order valence-electron chi connectivity index (χ3n) is 4.26. The van der Waals surface area contributed by atoms with Crippen LogP contribution < -0.4 is 5.14 Å². The summed E-state index contributed by atoms with van der Waals surface area (Å²) in [4.78, 5) is 0.229. The first-order chi connectivity index (χ1) is 9.92. The Kier molecular flexibility index (Phi) is 5.06. The van der Waals surface area contributed by atoms with Gasteiger partial charge in [-0.15, -0.1) is 0 Å². The highest BCUT2D eigenvalue weighted by Crippen LogP contribution is 2.33. The summed E-state index contributed by atoms with van der Waals surface area (Å²) < 4.78 is 31.2. The van der Waals surface area contributed by atoms with Crippen LogP contribution >= 0.6 is 0 Å². The summed E-state index contributed by atoms with van der Waals surface area (Å²) in [7, 11) is -2.01. The van der Waals surface area contributed by atoms with Gasteiger partial charge in [0.25, 0.3) is 0 Å². The second kappa shape index (κ2) is 6.46. The topological polar surface area (TPSA) is 87.2 Å². The first kappa shape index (κ1) is 16.5. The number of hydrogen-bond donors (Lipinski definition) is 1. The van der Waals surface area contributed by atoms with Crippen molar-refractivity contribution in [2.75, 3.05) is 7.11 Å². The van der Waals surface area contributed by atoms with Crippen molar-refractivity contribution in [3.63, 3.8) is 0 Å². The summed E-state index contributed by atoms with van der Waals surface area (Å²) in [5.74, 6) is 0. The van der Waals surface area contributed by atoms with E-state index in [-0.39, 0.29) is 17.0 Å². The van der Waals surface area contributed by atoms with Crippen LogP contribution in [-0.4, -0.2) is 31.4 Å². The Labute approximate surface area is 126 Å². The van der Waals surface area contributed by atoms with Crippen LogP contribution in [0.15, 0.2) is 4.90 Å². The summed E-state index contributed by atoms with van der Waals surface area (Å²) in [6.45, 7) is 3.85. The summed E-state index contributed by atoms with van der Waals surface area (Å²) in [6, 6.07) is 0.194. The van der Waals surface area contributed by atoms with Crippen LogP contribution in [0.5, 0.6) is 0 Å². The fourth-order valence-electron chi connectivity index (χ4n) is 3.25. The molecule has 0 amide bonds. The van der Waals surface area contributed by atoms with Crippen molar-refractivity contribution in [1.29, 1.82) is 0 Å². The molecule has 0 spiro atoms. The first-order valence-electron chi connectivity index (χ1n) is 7.58. The van der Waals surface area contributed by atoms with Crippen LogP contribution in [-0.2, 0) is 27.6 Å². The van der Waals surface area contributed by atoms with Crippen molar-refractivity contribution in [2.24, 2.45) is 5.14 Å². The van der Waals surface area contributed by atoms with Gasteiger partial charge in [-0.1, -0.05) is 13.8 Å². The van der Waals surface area contributed by atoms with Gasteiger partial charge in [0.1, 0.15) is 4.90 Å². The van der Waals surface area contributed by atoms with E-state index >= 15 is 0 Å². The largest absolute Gasteiger partial charge is 0.381 e. The molecule has 7 heteroatoms. The molecule has 1 fully saturated rings. The maximum atomic E-state index is 11.9. The van der Waals surface area contributed by atoms with Crippen LogP contribution in [0.3, 0.4) is 0 Å². The number of ether oxygens (including phenoxy) is 1. The monoisotopic (exact) mass is 315 g/mol. The smallest absolute Gasteiger partial charge is 0.241 e. The van der Waals surface area contributed by atoms with Gasteiger partial charge < -0.3 is 4.74 Å². The highest BCUT2D eigenvalue weighted by Gasteiger charge is 2.30. The number of primary sulfonamides is 1. The molecule has 0 aromatic carbocycles. The second-order valence-corrected chi connectivity index (χ2v) is 7.10. The lowest BCUT2D eigenvalue weighted by Crippen LogP contribution is -2.26.